The van der Waals surface area contributed by atoms with E-state index >= 15 is 4.39 Å². The molecule has 13 heteroatoms. The maximum absolute atomic E-state index is 15.2. The topological polar surface area (TPSA) is 133 Å². The third-order valence-electron chi connectivity index (χ3n) is 5.38. The number of benzene rings is 2. The zero-order chi connectivity index (χ0) is 25.9. The molecule has 0 bridgehead atoms. The molecule has 0 radical (unpaired) electrons. The molecule has 2 aromatic carbocycles. The van der Waals surface area contributed by atoms with Gasteiger partial charge in [0.1, 0.15) is 17.0 Å². The summed E-state index contributed by atoms with van der Waals surface area (Å²) in [5, 5.41) is 5.27. The molecule has 3 N–H and O–H groups in total. The van der Waals surface area contributed by atoms with Crippen molar-refractivity contribution in [3.05, 3.63) is 65.8 Å². The van der Waals surface area contributed by atoms with Gasteiger partial charge in [-0.15, -0.1) is 0 Å². The number of halogens is 2. The van der Waals surface area contributed by atoms with Crippen LogP contribution in [0.4, 0.5) is 26.4 Å². The van der Waals surface area contributed by atoms with E-state index < -0.39 is 27.9 Å². The Labute approximate surface area is 211 Å². The highest BCUT2D eigenvalue weighted by molar-refractivity contribution is 7.92. The van der Waals surface area contributed by atoms with Crippen molar-refractivity contribution in [2.45, 2.75) is 18.9 Å². The van der Waals surface area contributed by atoms with Gasteiger partial charge in [0.15, 0.2) is 5.82 Å². The molecule has 1 fully saturated rings. The number of piperidine rings is 1. The molecular formula is C23H22ClFN6O4S. The molecule has 0 spiro atoms. The van der Waals surface area contributed by atoms with E-state index in [1.807, 2.05) is 0 Å². The SMILES string of the molecule is CS(=O)(=O)Nc1ccccc1-c1ccc(N2CCC[C@@H](NC(=O)Nc3cnc(Cl)cn3)C2=O)cc1F. The first kappa shape index (κ1) is 25.3. The number of amides is 3. The number of para-hydroxylation sites is 1. The highest BCUT2D eigenvalue weighted by Crippen LogP contribution is 2.33. The Morgan fingerprint density at radius 2 is 1.92 bits per heavy atom. The molecule has 1 atom stereocenters. The molecule has 0 unspecified atom stereocenters. The predicted octanol–water partition coefficient (Wildman–Crippen LogP) is 3.62. The van der Waals surface area contributed by atoms with Crippen molar-refractivity contribution >= 4 is 50.8 Å². The maximum Gasteiger partial charge on any atom is 0.321 e. The van der Waals surface area contributed by atoms with E-state index in [1.165, 1.54) is 35.5 Å². The number of sulfonamides is 1. The molecule has 36 heavy (non-hydrogen) atoms. The number of carbonyl (C=O) groups excluding carboxylic acids is 2. The van der Waals surface area contributed by atoms with Crippen LogP contribution in [-0.2, 0) is 14.8 Å². The van der Waals surface area contributed by atoms with Gasteiger partial charge in [0, 0.05) is 23.4 Å². The minimum absolute atomic E-state index is 0.167. The lowest BCUT2D eigenvalue weighted by Gasteiger charge is -2.32. The number of hydrogen-bond acceptors (Lipinski definition) is 6. The second-order valence-corrected chi connectivity index (χ2v) is 10.2. The standard InChI is InChI=1S/C23H22ClFN6O4S/c1-36(34,35)30-18-6-3-2-5-16(18)15-9-8-14(11-17(15)25)31-10-4-7-19(22(31)32)28-23(33)29-21-13-26-20(24)12-27-21/h2-3,5-6,8-9,11-13,19,30H,4,7,10H2,1H3,(H2,27,28,29,33)/t19-/m1/s1. The molecule has 1 aliphatic heterocycles. The Morgan fingerprint density at radius 1 is 1.14 bits per heavy atom. The van der Waals surface area contributed by atoms with E-state index in [9.17, 15) is 18.0 Å². The van der Waals surface area contributed by atoms with E-state index in [2.05, 4.69) is 25.3 Å². The molecule has 188 valence electrons. The lowest BCUT2D eigenvalue weighted by Crippen LogP contribution is -2.53. The van der Waals surface area contributed by atoms with Crippen molar-refractivity contribution in [1.82, 2.24) is 15.3 Å². The summed E-state index contributed by atoms with van der Waals surface area (Å²) in [5.74, 6) is -0.845. The highest BCUT2D eigenvalue weighted by atomic mass is 35.5. The summed E-state index contributed by atoms with van der Waals surface area (Å²) in [4.78, 5) is 34.6. The summed E-state index contributed by atoms with van der Waals surface area (Å²) in [6.45, 7) is 0.353. The van der Waals surface area contributed by atoms with Gasteiger partial charge in [0.05, 0.1) is 24.3 Å². The third-order valence-corrected chi connectivity index (χ3v) is 6.17. The molecule has 0 saturated carbocycles. The van der Waals surface area contributed by atoms with Crippen molar-refractivity contribution in [3.8, 4) is 11.1 Å². The van der Waals surface area contributed by atoms with Crippen LogP contribution in [0.25, 0.3) is 11.1 Å². The zero-order valence-electron chi connectivity index (χ0n) is 19.0. The Bertz CT molecular complexity index is 1400. The number of nitrogens with one attached hydrogen (secondary N) is 3. The van der Waals surface area contributed by atoms with Crippen LogP contribution in [0.2, 0.25) is 5.15 Å². The Morgan fingerprint density at radius 3 is 2.61 bits per heavy atom. The maximum atomic E-state index is 15.2. The van der Waals surface area contributed by atoms with Gasteiger partial charge in [0.2, 0.25) is 15.9 Å². The molecular weight excluding hydrogens is 511 g/mol. The summed E-state index contributed by atoms with van der Waals surface area (Å²) in [6, 6.07) is 9.28. The van der Waals surface area contributed by atoms with Crippen molar-refractivity contribution in [3.63, 3.8) is 0 Å². The minimum Gasteiger partial charge on any atom is -0.326 e. The number of nitrogens with zero attached hydrogens (tertiary/aromatic N) is 3. The van der Waals surface area contributed by atoms with Gasteiger partial charge in [-0.1, -0.05) is 29.8 Å². The highest BCUT2D eigenvalue weighted by Gasteiger charge is 2.31. The van der Waals surface area contributed by atoms with Gasteiger partial charge in [-0.3, -0.25) is 14.8 Å². The first-order valence-corrected chi connectivity index (χ1v) is 13.1. The van der Waals surface area contributed by atoms with Gasteiger partial charge < -0.3 is 10.2 Å². The molecule has 0 aliphatic carbocycles. The minimum atomic E-state index is -3.57. The van der Waals surface area contributed by atoms with Gasteiger partial charge in [-0.2, -0.15) is 0 Å². The molecule has 1 saturated heterocycles. The number of carbonyl (C=O) groups is 2. The largest absolute Gasteiger partial charge is 0.326 e. The second-order valence-electron chi connectivity index (χ2n) is 8.09. The molecule has 1 aliphatic rings. The van der Waals surface area contributed by atoms with Crippen LogP contribution in [0.15, 0.2) is 54.9 Å². The van der Waals surface area contributed by atoms with Gasteiger partial charge in [-0.05, 0) is 37.1 Å². The Hall–Kier alpha value is -3.77. The average molecular weight is 533 g/mol. The normalized spacial score (nSPS) is 15.9. The predicted molar refractivity (Wildman–Crippen MR) is 135 cm³/mol. The lowest BCUT2D eigenvalue weighted by atomic mass is 10.0. The Balaban J connectivity index is 1.50. The molecule has 4 rings (SSSR count). The van der Waals surface area contributed by atoms with Crippen LogP contribution in [0.5, 0.6) is 0 Å². The summed E-state index contributed by atoms with van der Waals surface area (Å²) >= 11 is 5.68. The smallest absolute Gasteiger partial charge is 0.321 e. The fourth-order valence-corrected chi connectivity index (χ4v) is 4.53. The number of aromatic nitrogens is 2. The fourth-order valence-electron chi connectivity index (χ4n) is 3.85. The Kier molecular flexibility index (Phi) is 7.36. The quantitative estimate of drug-likeness (QED) is 0.444. The van der Waals surface area contributed by atoms with Crippen LogP contribution in [0.3, 0.4) is 0 Å². The van der Waals surface area contributed by atoms with Crippen LogP contribution >= 0.6 is 11.6 Å². The molecule has 10 nitrogen and oxygen atoms in total. The third kappa shape index (κ3) is 6.07. The summed E-state index contributed by atoms with van der Waals surface area (Å²) in [5.41, 5.74) is 1.10. The van der Waals surface area contributed by atoms with E-state index in [0.29, 0.717) is 30.6 Å². The summed E-state index contributed by atoms with van der Waals surface area (Å²) < 4.78 is 41.0. The van der Waals surface area contributed by atoms with E-state index in [1.54, 1.807) is 24.3 Å². The number of anilines is 3. The first-order chi connectivity index (χ1) is 17.1. The summed E-state index contributed by atoms with van der Waals surface area (Å²) in [7, 11) is -3.57. The van der Waals surface area contributed by atoms with E-state index in [4.69, 9.17) is 11.6 Å². The van der Waals surface area contributed by atoms with Crippen LogP contribution < -0.4 is 20.3 Å². The van der Waals surface area contributed by atoms with Crippen molar-refractivity contribution in [2.75, 3.05) is 27.7 Å². The zero-order valence-corrected chi connectivity index (χ0v) is 20.6. The van der Waals surface area contributed by atoms with Crippen LogP contribution in [0.1, 0.15) is 12.8 Å². The van der Waals surface area contributed by atoms with Crippen molar-refractivity contribution < 1.29 is 22.4 Å². The number of rotatable bonds is 6. The lowest BCUT2D eigenvalue weighted by molar-refractivity contribution is -0.121. The first-order valence-electron chi connectivity index (χ1n) is 10.8. The van der Waals surface area contributed by atoms with E-state index in [-0.39, 0.29) is 28.1 Å². The molecule has 1 aromatic heterocycles. The van der Waals surface area contributed by atoms with Crippen molar-refractivity contribution in [1.29, 1.82) is 0 Å². The van der Waals surface area contributed by atoms with Gasteiger partial charge >= 0.3 is 6.03 Å². The van der Waals surface area contributed by atoms with Crippen molar-refractivity contribution in [2.24, 2.45) is 0 Å². The second kappa shape index (κ2) is 10.5. The molecule has 3 amide bonds. The fraction of sp³-hybridized carbons (Fsp3) is 0.217. The van der Waals surface area contributed by atoms with E-state index in [0.717, 1.165) is 6.26 Å². The number of urea groups is 1. The van der Waals surface area contributed by atoms with Gasteiger partial charge in [0.25, 0.3) is 0 Å². The molecule has 2 heterocycles. The monoisotopic (exact) mass is 532 g/mol. The molecule has 3 aromatic rings. The van der Waals surface area contributed by atoms with Crippen LogP contribution in [0, 0.1) is 5.82 Å². The van der Waals surface area contributed by atoms with Gasteiger partial charge in [-0.25, -0.2) is 27.6 Å². The summed E-state index contributed by atoms with van der Waals surface area (Å²) in [6.07, 6.45) is 4.57. The number of hydrogen-bond donors (Lipinski definition) is 3. The van der Waals surface area contributed by atoms with Crippen LogP contribution in [-0.4, -0.2) is 49.2 Å². The average Bonchev–Trinajstić information content (AvgIpc) is 2.81.